The normalized spacial score (nSPS) is 15.3. The van der Waals surface area contributed by atoms with Crippen LogP contribution in [-0.4, -0.2) is 31.3 Å². The van der Waals surface area contributed by atoms with E-state index in [9.17, 15) is 9.59 Å². The second kappa shape index (κ2) is 15.4. The van der Waals surface area contributed by atoms with Crippen LogP contribution in [0, 0.1) is 17.8 Å². The number of esters is 1. The lowest BCUT2D eigenvalue weighted by Gasteiger charge is -2.29. The molecule has 0 heterocycles. The summed E-state index contributed by atoms with van der Waals surface area (Å²) in [5, 5.41) is 2.72. The van der Waals surface area contributed by atoms with Crippen LogP contribution in [0.2, 0.25) is 0 Å². The van der Waals surface area contributed by atoms with Crippen LogP contribution in [0.4, 0.5) is 4.79 Å². The maximum atomic E-state index is 12.6. The molecule has 1 atom stereocenters. The summed E-state index contributed by atoms with van der Waals surface area (Å²) in [7, 11) is 0. The number of hydrogen-bond acceptors (Lipinski definition) is 4. The number of hydrogen-bond donors (Lipinski definition) is 1. The number of unbranched alkanes of at least 4 members (excludes halogenated alkanes) is 6. The quantitative estimate of drug-likeness (QED) is 0.295. The third-order valence-electron chi connectivity index (χ3n) is 5.09. The first-order valence-corrected chi connectivity index (χ1v) is 10.7. The molecule has 0 saturated heterocycles. The molecule has 1 N–H and O–H groups in total. The summed E-state index contributed by atoms with van der Waals surface area (Å²) < 4.78 is 10.5. The van der Waals surface area contributed by atoms with Gasteiger partial charge in [-0.3, -0.25) is 0 Å². The minimum Gasteiger partial charge on any atom is -0.464 e. The van der Waals surface area contributed by atoms with Crippen LogP contribution in [0.15, 0.2) is 0 Å². The van der Waals surface area contributed by atoms with E-state index in [0.717, 1.165) is 38.5 Å². The average Bonchev–Trinajstić information content (AvgIpc) is 2.69. The van der Waals surface area contributed by atoms with Gasteiger partial charge in [-0.25, -0.2) is 9.59 Å². The van der Waals surface area contributed by atoms with E-state index in [4.69, 9.17) is 9.47 Å². The number of rotatable bonds is 12. The molecule has 1 fully saturated rings. The second-order valence-corrected chi connectivity index (χ2v) is 7.31. The van der Waals surface area contributed by atoms with Gasteiger partial charge in [-0.1, -0.05) is 70.6 Å². The Hall–Kier alpha value is -1.70. The Morgan fingerprint density at radius 3 is 2.33 bits per heavy atom. The molecule has 0 radical (unpaired) electrons. The summed E-state index contributed by atoms with van der Waals surface area (Å²) in [6.07, 6.45) is 12.9. The Morgan fingerprint density at radius 1 is 1.00 bits per heavy atom. The topological polar surface area (TPSA) is 64.6 Å². The predicted molar refractivity (Wildman–Crippen MR) is 107 cm³/mol. The third kappa shape index (κ3) is 10.9. The molecule has 0 spiro atoms. The van der Waals surface area contributed by atoms with Crippen molar-refractivity contribution in [2.45, 2.75) is 96.9 Å². The zero-order valence-electron chi connectivity index (χ0n) is 17.2. The van der Waals surface area contributed by atoms with Gasteiger partial charge in [0.1, 0.15) is 6.04 Å². The maximum Gasteiger partial charge on any atom is 0.408 e. The van der Waals surface area contributed by atoms with Gasteiger partial charge in [-0.2, -0.15) is 0 Å². The highest BCUT2D eigenvalue weighted by atomic mass is 16.6. The summed E-state index contributed by atoms with van der Waals surface area (Å²) in [4.78, 5) is 24.5. The van der Waals surface area contributed by atoms with Gasteiger partial charge in [0.2, 0.25) is 0 Å². The van der Waals surface area contributed by atoms with Crippen LogP contribution >= 0.6 is 0 Å². The van der Waals surface area contributed by atoms with E-state index in [0.29, 0.717) is 6.61 Å². The average molecular weight is 380 g/mol. The van der Waals surface area contributed by atoms with Gasteiger partial charge in [-0.05, 0) is 32.1 Å². The number of alkyl carbamates (subject to hydrolysis) is 1. The van der Waals surface area contributed by atoms with E-state index >= 15 is 0 Å². The number of nitrogens with one attached hydrogen (secondary N) is 1. The Kier molecular flexibility index (Phi) is 13.3. The smallest absolute Gasteiger partial charge is 0.408 e. The van der Waals surface area contributed by atoms with E-state index in [-0.39, 0.29) is 18.5 Å². The van der Waals surface area contributed by atoms with Crippen LogP contribution < -0.4 is 5.32 Å². The van der Waals surface area contributed by atoms with Crippen molar-refractivity contribution in [3.8, 4) is 11.8 Å². The molecule has 0 aromatic carbocycles. The number of carbonyl (C=O) groups is 2. The first kappa shape index (κ1) is 23.3. The molecule has 27 heavy (non-hydrogen) atoms. The highest BCUT2D eigenvalue weighted by Gasteiger charge is 2.32. The van der Waals surface area contributed by atoms with Crippen LogP contribution in [-0.2, 0) is 14.3 Å². The summed E-state index contributed by atoms with van der Waals surface area (Å²) in [6.45, 7) is 4.36. The van der Waals surface area contributed by atoms with Crippen LogP contribution in [0.5, 0.6) is 0 Å². The first-order chi connectivity index (χ1) is 13.2. The van der Waals surface area contributed by atoms with Crippen molar-refractivity contribution < 1.29 is 19.1 Å². The van der Waals surface area contributed by atoms with Gasteiger partial charge in [-0.15, -0.1) is 5.92 Å². The Labute approximate surface area is 164 Å². The maximum absolute atomic E-state index is 12.6. The number of ether oxygens (including phenoxy) is 2. The first-order valence-electron chi connectivity index (χ1n) is 10.7. The fraction of sp³-hybridized carbons (Fsp3) is 0.818. The SMILES string of the molecule is CC#CCOC(=O)NC(C(=O)OCCCCCCCCC)C1CCCCC1. The van der Waals surface area contributed by atoms with Gasteiger partial charge in [0.25, 0.3) is 0 Å². The summed E-state index contributed by atoms with van der Waals surface area (Å²) in [5.41, 5.74) is 0. The van der Waals surface area contributed by atoms with Gasteiger partial charge in [0.15, 0.2) is 6.61 Å². The zero-order valence-corrected chi connectivity index (χ0v) is 17.2. The van der Waals surface area contributed by atoms with E-state index in [1.165, 1.54) is 38.5 Å². The molecule has 5 heteroatoms. The van der Waals surface area contributed by atoms with Gasteiger partial charge >= 0.3 is 12.1 Å². The monoisotopic (exact) mass is 379 g/mol. The van der Waals surface area contributed by atoms with Crippen molar-refractivity contribution in [1.29, 1.82) is 0 Å². The van der Waals surface area contributed by atoms with Gasteiger partial charge in [0, 0.05) is 0 Å². The molecule has 1 aliphatic rings. The van der Waals surface area contributed by atoms with Gasteiger partial charge < -0.3 is 14.8 Å². The molecule has 1 saturated carbocycles. The van der Waals surface area contributed by atoms with E-state index < -0.39 is 12.1 Å². The fourth-order valence-electron chi connectivity index (χ4n) is 3.50. The van der Waals surface area contributed by atoms with Crippen molar-refractivity contribution in [2.24, 2.45) is 5.92 Å². The molecule has 0 bridgehead atoms. The van der Waals surface area contributed by atoms with E-state index in [2.05, 4.69) is 24.1 Å². The largest absolute Gasteiger partial charge is 0.464 e. The molecule has 0 aromatic rings. The summed E-state index contributed by atoms with van der Waals surface area (Å²) in [5.74, 6) is 5.15. The molecule has 0 aliphatic heterocycles. The van der Waals surface area contributed by atoms with Crippen molar-refractivity contribution in [3.63, 3.8) is 0 Å². The number of amides is 1. The molecule has 154 valence electrons. The molecule has 1 amide bonds. The van der Waals surface area contributed by atoms with Crippen LogP contribution in [0.25, 0.3) is 0 Å². The number of carbonyl (C=O) groups excluding carboxylic acids is 2. The minimum absolute atomic E-state index is 0.0345. The molecular weight excluding hydrogens is 342 g/mol. The Bertz CT molecular complexity index is 474. The van der Waals surface area contributed by atoms with Crippen LogP contribution in [0.1, 0.15) is 90.9 Å². The van der Waals surface area contributed by atoms with Crippen molar-refractivity contribution in [3.05, 3.63) is 0 Å². The van der Waals surface area contributed by atoms with Crippen molar-refractivity contribution in [2.75, 3.05) is 13.2 Å². The van der Waals surface area contributed by atoms with E-state index in [1.807, 2.05) is 0 Å². The predicted octanol–water partition coefficient (Wildman–Crippen LogP) is 4.98. The van der Waals surface area contributed by atoms with Crippen LogP contribution in [0.3, 0.4) is 0 Å². The molecule has 1 unspecified atom stereocenters. The Morgan fingerprint density at radius 2 is 1.67 bits per heavy atom. The summed E-state index contributed by atoms with van der Waals surface area (Å²) in [6, 6.07) is -0.614. The highest BCUT2D eigenvalue weighted by molar-refractivity contribution is 5.81. The lowest BCUT2D eigenvalue weighted by molar-refractivity contribution is -0.148. The standard InChI is InChI=1S/C22H37NO4/c1-3-5-7-8-9-10-14-18-26-21(24)20(19-15-12-11-13-16-19)23-22(25)27-17-6-4-2/h19-20H,3,5,7-18H2,1-2H3,(H,23,25). The molecule has 0 aromatic heterocycles. The van der Waals surface area contributed by atoms with Crippen molar-refractivity contribution in [1.82, 2.24) is 5.32 Å². The Balaban J connectivity index is 2.37. The molecule has 5 nitrogen and oxygen atoms in total. The third-order valence-corrected chi connectivity index (χ3v) is 5.09. The fourth-order valence-corrected chi connectivity index (χ4v) is 3.50. The van der Waals surface area contributed by atoms with E-state index in [1.54, 1.807) is 6.92 Å². The zero-order chi connectivity index (χ0) is 19.7. The highest BCUT2D eigenvalue weighted by Crippen LogP contribution is 2.27. The van der Waals surface area contributed by atoms with Crippen molar-refractivity contribution >= 4 is 12.1 Å². The molecule has 1 rings (SSSR count). The molecule has 1 aliphatic carbocycles. The minimum atomic E-state index is -0.614. The lowest BCUT2D eigenvalue weighted by atomic mass is 9.84. The lowest BCUT2D eigenvalue weighted by Crippen LogP contribution is -2.47. The second-order valence-electron chi connectivity index (χ2n) is 7.31. The van der Waals surface area contributed by atoms with Gasteiger partial charge in [0.05, 0.1) is 6.61 Å². The summed E-state index contributed by atoms with van der Waals surface area (Å²) >= 11 is 0. The molecular formula is C22H37NO4.